The summed E-state index contributed by atoms with van der Waals surface area (Å²) in [6, 6.07) is 11.4. The van der Waals surface area contributed by atoms with Gasteiger partial charge in [-0.3, -0.25) is 0 Å². The molecular weight excluding hydrogens is 328 g/mol. The Bertz CT molecular complexity index is 779. The highest BCUT2D eigenvalue weighted by molar-refractivity contribution is 5.91. The van der Waals surface area contributed by atoms with Crippen LogP contribution in [-0.4, -0.2) is 20.3 Å². The van der Waals surface area contributed by atoms with E-state index in [2.05, 4.69) is 37.5 Å². The van der Waals surface area contributed by atoms with Gasteiger partial charge in [-0.2, -0.15) is 0 Å². The van der Waals surface area contributed by atoms with Crippen LogP contribution in [0.2, 0.25) is 0 Å². The number of urea groups is 1. The molecule has 2 N–H and O–H groups in total. The van der Waals surface area contributed by atoms with E-state index in [0.717, 1.165) is 22.4 Å². The second-order valence-electron chi connectivity index (χ2n) is 7.24. The van der Waals surface area contributed by atoms with Crippen molar-refractivity contribution in [3.05, 3.63) is 53.1 Å². The van der Waals surface area contributed by atoms with Crippen LogP contribution in [0.4, 0.5) is 10.5 Å². The second kappa shape index (κ2) is 8.13. The van der Waals surface area contributed by atoms with Gasteiger partial charge in [0.15, 0.2) is 11.5 Å². The molecule has 0 spiro atoms. The number of hydrogen-bond donors (Lipinski definition) is 2. The number of benzene rings is 2. The Morgan fingerprint density at radius 2 is 1.73 bits per heavy atom. The number of anilines is 1. The predicted molar refractivity (Wildman–Crippen MR) is 105 cm³/mol. The van der Waals surface area contributed by atoms with E-state index >= 15 is 0 Å². The van der Waals surface area contributed by atoms with Crippen LogP contribution in [0, 0.1) is 6.92 Å². The number of methoxy groups -OCH3 is 2. The van der Waals surface area contributed by atoms with Crippen molar-refractivity contribution < 1.29 is 14.3 Å². The van der Waals surface area contributed by atoms with Gasteiger partial charge in [0.25, 0.3) is 0 Å². The fourth-order valence-electron chi connectivity index (χ4n) is 2.79. The van der Waals surface area contributed by atoms with Gasteiger partial charge in [-0.1, -0.05) is 45.0 Å². The molecule has 2 rings (SSSR count). The number of ether oxygens (including phenoxy) is 2. The van der Waals surface area contributed by atoms with Gasteiger partial charge in [0.2, 0.25) is 0 Å². The molecule has 5 heteroatoms. The molecule has 0 aromatic heterocycles. The SMILES string of the molecule is COc1ccc(CNC(=O)Nc2c(C)cccc2C(C)(C)C)cc1OC. The van der Waals surface area contributed by atoms with Gasteiger partial charge in [-0.25, -0.2) is 4.79 Å². The first-order valence-corrected chi connectivity index (χ1v) is 8.62. The Morgan fingerprint density at radius 1 is 1.04 bits per heavy atom. The van der Waals surface area contributed by atoms with E-state index in [9.17, 15) is 4.79 Å². The molecule has 0 bridgehead atoms. The molecule has 26 heavy (non-hydrogen) atoms. The Balaban J connectivity index is 2.09. The molecule has 140 valence electrons. The maximum atomic E-state index is 12.4. The minimum atomic E-state index is -0.236. The van der Waals surface area contributed by atoms with Crippen LogP contribution in [0.1, 0.15) is 37.5 Å². The molecule has 0 heterocycles. The van der Waals surface area contributed by atoms with Crippen molar-refractivity contribution in [3.63, 3.8) is 0 Å². The molecular formula is C21H28N2O3. The summed E-state index contributed by atoms with van der Waals surface area (Å²) < 4.78 is 10.5. The molecule has 0 saturated carbocycles. The van der Waals surface area contributed by atoms with Gasteiger partial charge < -0.3 is 20.1 Å². The van der Waals surface area contributed by atoms with Crippen LogP contribution in [0.25, 0.3) is 0 Å². The van der Waals surface area contributed by atoms with Crippen molar-refractivity contribution in [1.29, 1.82) is 0 Å². The van der Waals surface area contributed by atoms with Gasteiger partial charge in [-0.15, -0.1) is 0 Å². The second-order valence-corrected chi connectivity index (χ2v) is 7.24. The molecule has 2 aromatic rings. The zero-order valence-corrected chi connectivity index (χ0v) is 16.4. The first-order chi connectivity index (χ1) is 12.3. The van der Waals surface area contributed by atoms with E-state index < -0.39 is 0 Å². The molecule has 2 aromatic carbocycles. The van der Waals surface area contributed by atoms with Gasteiger partial charge in [-0.05, 0) is 41.2 Å². The molecule has 0 atom stereocenters. The maximum absolute atomic E-state index is 12.4. The maximum Gasteiger partial charge on any atom is 0.319 e. The molecule has 0 radical (unpaired) electrons. The summed E-state index contributed by atoms with van der Waals surface area (Å²) in [6.45, 7) is 8.79. The largest absolute Gasteiger partial charge is 0.493 e. The van der Waals surface area contributed by atoms with Crippen molar-refractivity contribution >= 4 is 11.7 Å². The first-order valence-electron chi connectivity index (χ1n) is 8.62. The number of amides is 2. The first kappa shape index (κ1) is 19.6. The van der Waals surface area contributed by atoms with E-state index in [1.54, 1.807) is 14.2 Å². The van der Waals surface area contributed by atoms with Crippen LogP contribution in [0.3, 0.4) is 0 Å². The molecule has 0 aliphatic rings. The van der Waals surface area contributed by atoms with Crippen molar-refractivity contribution in [1.82, 2.24) is 5.32 Å². The summed E-state index contributed by atoms with van der Waals surface area (Å²) in [5.41, 5.74) is 3.89. The van der Waals surface area contributed by atoms with Crippen molar-refractivity contribution in [2.45, 2.75) is 39.7 Å². The lowest BCUT2D eigenvalue weighted by molar-refractivity contribution is 0.251. The normalized spacial score (nSPS) is 11.0. The van der Waals surface area contributed by atoms with E-state index in [1.807, 2.05) is 37.3 Å². The van der Waals surface area contributed by atoms with Gasteiger partial charge in [0, 0.05) is 12.2 Å². The quantitative estimate of drug-likeness (QED) is 0.821. The minimum absolute atomic E-state index is 0.0576. The summed E-state index contributed by atoms with van der Waals surface area (Å²) in [4.78, 5) is 12.4. The number of rotatable bonds is 5. The molecule has 0 aliphatic carbocycles. The number of aryl methyl sites for hydroxylation is 1. The highest BCUT2D eigenvalue weighted by Gasteiger charge is 2.20. The standard InChI is InChI=1S/C21H28N2O3/c1-14-8-7-9-16(21(2,3)4)19(14)23-20(24)22-13-15-10-11-17(25-5)18(12-15)26-6/h7-12H,13H2,1-6H3,(H2,22,23,24). The highest BCUT2D eigenvalue weighted by atomic mass is 16.5. The number of carbonyl (C=O) groups excluding carboxylic acids is 1. The minimum Gasteiger partial charge on any atom is -0.493 e. The lowest BCUT2D eigenvalue weighted by Crippen LogP contribution is -2.30. The average Bonchev–Trinajstić information content (AvgIpc) is 2.60. The third kappa shape index (κ3) is 4.69. The van der Waals surface area contributed by atoms with Gasteiger partial charge >= 0.3 is 6.03 Å². The Hall–Kier alpha value is -2.69. The number of hydrogen-bond acceptors (Lipinski definition) is 3. The molecule has 0 aliphatic heterocycles. The lowest BCUT2D eigenvalue weighted by atomic mass is 9.84. The summed E-state index contributed by atoms with van der Waals surface area (Å²) in [7, 11) is 3.19. The van der Waals surface area contributed by atoms with E-state index in [0.29, 0.717) is 18.0 Å². The topological polar surface area (TPSA) is 59.6 Å². The molecule has 0 fully saturated rings. The van der Waals surface area contributed by atoms with E-state index in [1.165, 1.54) is 0 Å². The Kier molecular flexibility index (Phi) is 6.14. The monoisotopic (exact) mass is 356 g/mol. The summed E-state index contributed by atoms with van der Waals surface area (Å²) >= 11 is 0. The van der Waals surface area contributed by atoms with Crippen LogP contribution in [0.5, 0.6) is 11.5 Å². The molecule has 2 amide bonds. The van der Waals surface area contributed by atoms with E-state index in [4.69, 9.17) is 9.47 Å². The van der Waals surface area contributed by atoms with Crippen LogP contribution < -0.4 is 20.1 Å². The zero-order chi connectivity index (χ0) is 19.3. The molecule has 5 nitrogen and oxygen atoms in total. The Labute approximate surface area is 155 Å². The van der Waals surface area contributed by atoms with Crippen molar-refractivity contribution in [2.75, 3.05) is 19.5 Å². The third-order valence-corrected chi connectivity index (χ3v) is 4.22. The fourth-order valence-corrected chi connectivity index (χ4v) is 2.79. The number of para-hydroxylation sites is 1. The van der Waals surface area contributed by atoms with Crippen molar-refractivity contribution in [2.24, 2.45) is 0 Å². The number of nitrogens with one attached hydrogen (secondary N) is 2. The van der Waals surface area contributed by atoms with Crippen LogP contribution in [0.15, 0.2) is 36.4 Å². The number of carbonyl (C=O) groups is 1. The van der Waals surface area contributed by atoms with Gasteiger partial charge in [0.1, 0.15) is 0 Å². The lowest BCUT2D eigenvalue weighted by Gasteiger charge is -2.24. The fraction of sp³-hybridized carbons (Fsp3) is 0.381. The van der Waals surface area contributed by atoms with Crippen molar-refractivity contribution in [3.8, 4) is 11.5 Å². The third-order valence-electron chi connectivity index (χ3n) is 4.22. The molecule has 0 unspecified atom stereocenters. The highest BCUT2D eigenvalue weighted by Crippen LogP contribution is 2.32. The summed E-state index contributed by atoms with van der Waals surface area (Å²) in [5, 5.41) is 5.90. The predicted octanol–water partition coefficient (Wildman–Crippen LogP) is 4.63. The summed E-state index contributed by atoms with van der Waals surface area (Å²) in [6.07, 6.45) is 0. The van der Waals surface area contributed by atoms with Crippen LogP contribution in [-0.2, 0) is 12.0 Å². The zero-order valence-electron chi connectivity index (χ0n) is 16.4. The Morgan fingerprint density at radius 3 is 2.35 bits per heavy atom. The van der Waals surface area contributed by atoms with E-state index in [-0.39, 0.29) is 11.4 Å². The van der Waals surface area contributed by atoms with Gasteiger partial charge in [0.05, 0.1) is 14.2 Å². The van der Waals surface area contributed by atoms with Crippen LogP contribution >= 0.6 is 0 Å². The average molecular weight is 356 g/mol. The smallest absolute Gasteiger partial charge is 0.319 e. The molecule has 0 saturated heterocycles. The summed E-state index contributed by atoms with van der Waals surface area (Å²) in [5.74, 6) is 1.30.